The molecule has 0 fully saturated rings. The zero-order valence-electron chi connectivity index (χ0n) is 37.5. The first kappa shape index (κ1) is 38.2. The van der Waals surface area contributed by atoms with Gasteiger partial charge in [0, 0.05) is 43.1 Å². The molecule has 0 saturated heterocycles. The van der Waals surface area contributed by atoms with E-state index < -0.39 is 0 Å². The van der Waals surface area contributed by atoms with Gasteiger partial charge in [0.2, 0.25) is 0 Å². The lowest BCUT2D eigenvalue weighted by Gasteiger charge is -2.27. The summed E-state index contributed by atoms with van der Waals surface area (Å²) in [4.78, 5) is 0. The van der Waals surface area contributed by atoms with Crippen LogP contribution in [0.3, 0.4) is 0 Å². The lowest BCUT2D eigenvalue weighted by atomic mass is 9.98. The van der Waals surface area contributed by atoms with Crippen molar-refractivity contribution in [3.05, 3.63) is 230 Å². The van der Waals surface area contributed by atoms with Crippen molar-refractivity contribution in [2.45, 2.75) is 0 Å². The first-order chi connectivity index (χ1) is 34.7. The summed E-state index contributed by atoms with van der Waals surface area (Å²) >= 11 is 0. The minimum Gasteiger partial charge on any atom is -0.306 e. The molecule has 0 amide bonds. The Hall–Kier alpha value is -9.88. The molecule has 0 saturated carbocycles. The second kappa shape index (κ2) is 14.3. The third-order valence-electron chi connectivity index (χ3n) is 14.8. The smallest absolute Gasteiger partial charge is 0.104 e. The van der Waals surface area contributed by atoms with E-state index in [1.165, 1.54) is 0 Å². The summed E-state index contributed by atoms with van der Waals surface area (Å²) in [6, 6.07) is 82.3. The van der Waals surface area contributed by atoms with Gasteiger partial charge >= 0.3 is 0 Å². The molecule has 322 valence electrons. The highest BCUT2D eigenvalue weighted by atomic mass is 15.1. The molecule has 15 aromatic rings. The molecule has 0 atom stereocenters. The molecule has 0 aliphatic rings. The molecule has 0 bridgehead atoms. The Balaban J connectivity index is 1.28. The highest BCUT2D eigenvalue weighted by Gasteiger charge is 2.34. The Kier molecular flexibility index (Phi) is 7.82. The Labute approximate surface area is 400 Å². The van der Waals surface area contributed by atoms with Crippen LogP contribution in [-0.2, 0) is 0 Å². The predicted octanol–water partition coefficient (Wildman–Crippen LogP) is 16.1. The fourth-order valence-electron chi connectivity index (χ4n) is 12.1. The quantitative estimate of drug-likeness (QED) is 0.177. The highest BCUT2D eigenvalue weighted by molar-refractivity contribution is 6.24. The van der Waals surface area contributed by atoms with Crippen LogP contribution in [0.2, 0.25) is 0 Å². The van der Waals surface area contributed by atoms with Gasteiger partial charge in [0.05, 0.1) is 66.9 Å². The third-order valence-corrected chi connectivity index (χ3v) is 14.8. The maximum atomic E-state index is 12.6. The number of nitrogens with zero attached hydrogens (tertiary/aromatic N) is 6. The number of para-hydroxylation sites is 6. The zero-order valence-corrected chi connectivity index (χ0v) is 37.5. The minimum atomic E-state index is 0.430. The fourth-order valence-corrected chi connectivity index (χ4v) is 12.1. The number of aromatic nitrogens is 4. The maximum Gasteiger partial charge on any atom is 0.104 e. The molecule has 4 aromatic heterocycles. The van der Waals surface area contributed by atoms with Crippen LogP contribution in [0.1, 0.15) is 11.1 Å². The van der Waals surface area contributed by atoms with Crippen LogP contribution in [0.4, 0.5) is 0 Å². The normalized spacial score (nSPS) is 12.0. The molecule has 4 heterocycles. The van der Waals surface area contributed by atoms with Crippen molar-refractivity contribution in [3.63, 3.8) is 0 Å². The van der Waals surface area contributed by atoms with Gasteiger partial charge in [-0.15, -0.1) is 0 Å². The second-order valence-electron chi connectivity index (χ2n) is 18.2. The summed E-state index contributed by atoms with van der Waals surface area (Å²) < 4.78 is 9.05. The first-order valence-electron chi connectivity index (χ1n) is 23.6. The van der Waals surface area contributed by atoms with Crippen LogP contribution < -0.4 is 0 Å². The lowest BCUT2D eigenvalue weighted by Crippen LogP contribution is -2.16. The molecule has 0 aliphatic heterocycles. The maximum absolute atomic E-state index is 12.6. The average molecular weight is 889 g/mol. The summed E-state index contributed by atoms with van der Waals surface area (Å²) in [6.45, 7) is 0. The molecular formula is C64H36N6. The van der Waals surface area contributed by atoms with Crippen LogP contribution in [0.25, 0.3) is 132 Å². The topological polar surface area (TPSA) is 67.3 Å². The molecule has 0 aliphatic carbocycles. The van der Waals surface area contributed by atoms with Gasteiger partial charge in [-0.05, 0) is 70.1 Å². The fraction of sp³-hybridized carbons (Fsp3) is 0. The standard InChI is InChI=1S/C64H36N6/c65-37-49-61(67-51-27-11-5-21-43(51)44-22-6-12-28-52(44)67)62(68-53-29-13-7-23-45(53)46-24-8-14-30-54(46)68)50(38-66)64(70-56-32-16-10-26-48(56)60-42-20-4-2-18-40(42)34-36-58(60)70)63(49)69-55-31-15-9-25-47(55)59-41-19-3-1-17-39(41)33-35-57(59)69/h1-36H. The van der Waals surface area contributed by atoms with E-state index in [-0.39, 0.29) is 0 Å². The SMILES string of the molecule is N#Cc1c(-n2c3ccccc3c3ccccc32)c(-n2c3ccccc3c3ccccc32)c(C#N)c(-n2c3ccccc3c3c4ccccc4ccc32)c1-n1c2ccccc2c2c3ccccc3ccc21. The largest absolute Gasteiger partial charge is 0.306 e. The summed E-state index contributed by atoms with van der Waals surface area (Å²) in [5.41, 5.74) is 10.8. The molecule has 6 heteroatoms. The van der Waals surface area contributed by atoms with Crippen molar-refractivity contribution in [3.8, 4) is 34.9 Å². The van der Waals surface area contributed by atoms with Gasteiger partial charge < -0.3 is 18.3 Å². The Morgan fingerprint density at radius 3 is 0.786 bits per heavy atom. The summed E-state index contributed by atoms with van der Waals surface area (Å²) in [7, 11) is 0. The predicted molar refractivity (Wildman–Crippen MR) is 288 cm³/mol. The van der Waals surface area contributed by atoms with Crippen molar-refractivity contribution in [2.24, 2.45) is 0 Å². The second-order valence-corrected chi connectivity index (χ2v) is 18.2. The molecule has 70 heavy (non-hydrogen) atoms. The van der Waals surface area contributed by atoms with Crippen LogP contribution in [0.5, 0.6) is 0 Å². The van der Waals surface area contributed by atoms with E-state index in [4.69, 9.17) is 0 Å². The number of hydrogen-bond acceptors (Lipinski definition) is 2. The van der Waals surface area contributed by atoms with E-state index in [1.54, 1.807) is 0 Å². The number of hydrogen-bond donors (Lipinski definition) is 0. The number of fused-ring (bicyclic) bond motifs is 16. The van der Waals surface area contributed by atoms with Gasteiger partial charge in [0.15, 0.2) is 0 Å². The van der Waals surface area contributed by atoms with Gasteiger partial charge in [0.25, 0.3) is 0 Å². The van der Waals surface area contributed by atoms with Gasteiger partial charge in [-0.2, -0.15) is 10.5 Å². The van der Waals surface area contributed by atoms with E-state index in [0.717, 1.165) is 109 Å². The Morgan fingerprint density at radius 1 is 0.229 bits per heavy atom. The Bertz CT molecular complexity index is 4450. The van der Waals surface area contributed by atoms with Crippen molar-refractivity contribution in [1.29, 1.82) is 10.5 Å². The first-order valence-corrected chi connectivity index (χ1v) is 23.6. The van der Waals surface area contributed by atoms with Gasteiger partial charge in [0.1, 0.15) is 23.3 Å². The van der Waals surface area contributed by atoms with Crippen LogP contribution in [0, 0.1) is 22.7 Å². The lowest BCUT2D eigenvalue weighted by molar-refractivity contribution is 1.02. The van der Waals surface area contributed by atoms with E-state index in [0.29, 0.717) is 33.9 Å². The molecule has 6 nitrogen and oxygen atoms in total. The van der Waals surface area contributed by atoms with E-state index in [1.807, 2.05) is 0 Å². The zero-order chi connectivity index (χ0) is 46.2. The van der Waals surface area contributed by atoms with Crippen molar-refractivity contribution in [1.82, 2.24) is 18.3 Å². The Morgan fingerprint density at radius 2 is 0.471 bits per heavy atom. The number of rotatable bonds is 4. The average Bonchev–Trinajstić information content (AvgIpc) is 4.15. The van der Waals surface area contributed by atoms with Crippen molar-refractivity contribution >= 4 is 109 Å². The minimum absolute atomic E-state index is 0.430. The number of nitriles is 2. The van der Waals surface area contributed by atoms with Crippen molar-refractivity contribution < 1.29 is 0 Å². The highest BCUT2D eigenvalue weighted by Crippen LogP contribution is 2.49. The van der Waals surface area contributed by atoms with E-state index in [2.05, 4.69) is 249 Å². The molecule has 0 radical (unpaired) electrons. The van der Waals surface area contributed by atoms with E-state index in [9.17, 15) is 10.5 Å². The summed E-state index contributed by atoms with van der Waals surface area (Å²) in [5, 5.41) is 38.1. The van der Waals surface area contributed by atoms with Gasteiger partial charge in [-0.1, -0.05) is 170 Å². The monoisotopic (exact) mass is 888 g/mol. The van der Waals surface area contributed by atoms with Crippen LogP contribution in [0.15, 0.2) is 218 Å². The van der Waals surface area contributed by atoms with Crippen LogP contribution >= 0.6 is 0 Å². The van der Waals surface area contributed by atoms with Gasteiger partial charge in [-0.3, -0.25) is 0 Å². The molecule has 15 rings (SSSR count). The molecule has 0 spiro atoms. The molecular weight excluding hydrogens is 853 g/mol. The third kappa shape index (κ3) is 4.93. The van der Waals surface area contributed by atoms with E-state index >= 15 is 0 Å². The molecule has 11 aromatic carbocycles. The molecule has 0 N–H and O–H groups in total. The van der Waals surface area contributed by atoms with Crippen molar-refractivity contribution in [2.75, 3.05) is 0 Å². The summed E-state index contributed by atoms with van der Waals surface area (Å²) in [5.74, 6) is 0. The molecule has 0 unspecified atom stereocenters. The number of benzene rings is 11. The summed E-state index contributed by atoms with van der Waals surface area (Å²) in [6.07, 6.45) is 0. The van der Waals surface area contributed by atoms with Crippen LogP contribution in [-0.4, -0.2) is 18.3 Å². The van der Waals surface area contributed by atoms with Gasteiger partial charge in [-0.25, -0.2) is 0 Å².